The quantitative estimate of drug-likeness (QED) is 0.498. The second-order valence-corrected chi connectivity index (χ2v) is 4.97. The number of hydrogen-bond donors (Lipinski definition) is 1. The largest absolute Gasteiger partial charge is 0.411 e. The first-order valence-corrected chi connectivity index (χ1v) is 5.19. The molecule has 0 spiro atoms. The zero-order chi connectivity index (χ0) is 11.6. The van der Waals surface area contributed by atoms with Gasteiger partial charge in [0.15, 0.2) is 5.15 Å². The average Bonchev–Trinajstić information content (AvgIpc) is 2.43. The van der Waals surface area contributed by atoms with E-state index in [0.29, 0.717) is 17.4 Å². The van der Waals surface area contributed by atoms with Crippen molar-refractivity contribution in [3.63, 3.8) is 0 Å². The summed E-state index contributed by atoms with van der Waals surface area (Å²) in [7, 11) is 0. The van der Waals surface area contributed by atoms with E-state index in [1.54, 1.807) is 4.57 Å². The lowest BCUT2D eigenvalue weighted by atomic mass is 9.90. The molecule has 0 aliphatic rings. The van der Waals surface area contributed by atoms with Crippen LogP contribution in [0.25, 0.3) is 0 Å². The van der Waals surface area contributed by atoms with E-state index in [1.165, 1.54) is 6.33 Å². The second kappa shape index (κ2) is 4.41. The van der Waals surface area contributed by atoms with Crippen LogP contribution in [0.2, 0.25) is 10.3 Å². The predicted octanol–water partition coefficient (Wildman–Crippen LogP) is 3.07. The molecule has 15 heavy (non-hydrogen) atoms. The van der Waals surface area contributed by atoms with Crippen molar-refractivity contribution in [1.82, 2.24) is 9.55 Å². The molecule has 1 aromatic heterocycles. The van der Waals surface area contributed by atoms with Crippen molar-refractivity contribution in [3.8, 4) is 0 Å². The summed E-state index contributed by atoms with van der Waals surface area (Å²) in [5.41, 5.74) is 0.382. The fourth-order valence-corrected chi connectivity index (χ4v) is 1.34. The van der Waals surface area contributed by atoms with Gasteiger partial charge in [-0.3, -0.25) is 0 Å². The first kappa shape index (κ1) is 12.3. The van der Waals surface area contributed by atoms with E-state index in [2.05, 4.69) is 10.1 Å². The molecule has 0 bridgehead atoms. The Morgan fingerprint density at radius 1 is 1.53 bits per heavy atom. The first-order valence-electron chi connectivity index (χ1n) is 4.43. The summed E-state index contributed by atoms with van der Waals surface area (Å²) in [5.74, 6) is 0. The van der Waals surface area contributed by atoms with Gasteiger partial charge in [-0.1, -0.05) is 49.1 Å². The first-order chi connectivity index (χ1) is 6.86. The zero-order valence-electron chi connectivity index (χ0n) is 8.83. The van der Waals surface area contributed by atoms with Crippen LogP contribution in [0.3, 0.4) is 0 Å². The lowest BCUT2D eigenvalue weighted by Crippen LogP contribution is -2.25. The number of nitrogens with zero attached hydrogens (tertiary/aromatic N) is 3. The molecule has 0 aliphatic carbocycles. The Hall–Kier alpha value is -0.740. The zero-order valence-corrected chi connectivity index (χ0v) is 10.3. The molecule has 0 fully saturated rings. The van der Waals surface area contributed by atoms with Gasteiger partial charge in [0, 0.05) is 5.41 Å². The van der Waals surface area contributed by atoms with Crippen LogP contribution >= 0.6 is 23.2 Å². The fraction of sp³-hybridized carbons (Fsp3) is 0.556. The Kier molecular flexibility index (Phi) is 3.62. The number of rotatable bonds is 2. The van der Waals surface area contributed by atoms with Gasteiger partial charge < -0.3 is 9.77 Å². The van der Waals surface area contributed by atoms with E-state index in [1.807, 2.05) is 20.8 Å². The monoisotopic (exact) mass is 249 g/mol. The highest BCUT2D eigenvalue weighted by Gasteiger charge is 2.21. The standard InChI is InChI=1S/C9H13Cl2N3O/c1-9(2,3)6(13-15)4-14-5-12-7(10)8(14)11/h5,15H,4H2,1-3H3. The highest BCUT2D eigenvalue weighted by molar-refractivity contribution is 6.40. The van der Waals surface area contributed by atoms with Crippen LogP contribution in [-0.2, 0) is 6.54 Å². The minimum atomic E-state index is -0.227. The molecule has 1 aromatic rings. The molecule has 1 N–H and O–H groups in total. The molecule has 1 heterocycles. The van der Waals surface area contributed by atoms with E-state index in [0.717, 1.165) is 0 Å². The molecule has 0 aromatic carbocycles. The summed E-state index contributed by atoms with van der Waals surface area (Å²) in [6.45, 7) is 6.23. The van der Waals surface area contributed by atoms with Crippen LogP contribution in [0.5, 0.6) is 0 Å². The lowest BCUT2D eigenvalue weighted by Gasteiger charge is -2.20. The van der Waals surface area contributed by atoms with Gasteiger partial charge in [-0.25, -0.2) is 4.98 Å². The summed E-state index contributed by atoms with van der Waals surface area (Å²) >= 11 is 11.6. The highest BCUT2D eigenvalue weighted by atomic mass is 35.5. The Morgan fingerprint density at radius 3 is 2.47 bits per heavy atom. The van der Waals surface area contributed by atoms with Gasteiger partial charge in [-0.05, 0) is 0 Å². The molecule has 0 aliphatic heterocycles. The Bertz CT molecular complexity index is 379. The van der Waals surface area contributed by atoms with Crippen LogP contribution in [0.15, 0.2) is 11.5 Å². The van der Waals surface area contributed by atoms with Crippen molar-refractivity contribution in [2.45, 2.75) is 27.3 Å². The van der Waals surface area contributed by atoms with Crippen LogP contribution in [0.1, 0.15) is 20.8 Å². The maximum atomic E-state index is 8.90. The van der Waals surface area contributed by atoms with Crippen molar-refractivity contribution in [2.24, 2.45) is 10.6 Å². The summed E-state index contributed by atoms with van der Waals surface area (Å²) in [6, 6.07) is 0. The number of oxime groups is 1. The number of hydrogen-bond acceptors (Lipinski definition) is 3. The maximum absolute atomic E-state index is 8.90. The number of halogens is 2. The van der Waals surface area contributed by atoms with Gasteiger partial charge in [0.25, 0.3) is 0 Å². The number of aromatic nitrogens is 2. The second-order valence-electron chi connectivity index (χ2n) is 4.25. The molecule has 0 radical (unpaired) electrons. The Balaban J connectivity index is 2.91. The average molecular weight is 250 g/mol. The lowest BCUT2D eigenvalue weighted by molar-refractivity contribution is 0.308. The molecule has 0 saturated carbocycles. The van der Waals surface area contributed by atoms with Crippen molar-refractivity contribution >= 4 is 28.9 Å². The summed E-state index contributed by atoms with van der Waals surface area (Å²) in [4.78, 5) is 3.85. The molecule has 0 amide bonds. The van der Waals surface area contributed by atoms with E-state index in [-0.39, 0.29) is 10.6 Å². The Labute approximate surface area is 98.5 Å². The van der Waals surface area contributed by atoms with Crippen molar-refractivity contribution < 1.29 is 5.21 Å². The summed E-state index contributed by atoms with van der Waals surface area (Å²) < 4.78 is 1.63. The third-order valence-electron chi connectivity index (χ3n) is 2.04. The van der Waals surface area contributed by atoms with Gasteiger partial charge in [0.2, 0.25) is 0 Å². The predicted molar refractivity (Wildman–Crippen MR) is 60.9 cm³/mol. The topological polar surface area (TPSA) is 50.4 Å². The molecule has 4 nitrogen and oxygen atoms in total. The molecular weight excluding hydrogens is 237 g/mol. The van der Waals surface area contributed by atoms with E-state index in [4.69, 9.17) is 28.4 Å². The molecule has 1 rings (SSSR count). The number of imidazole rings is 1. The Morgan fingerprint density at radius 2 is 2.13 bits per heavy atom. The third-order valence-corrected chi connectivity index (χ3v) is 2.81. The smallest absolute Gasteiger partial charge is 0.166 e. The molecule has 6 heteroatoms. The normalized spacial score (nSPS) is 13.3. The van der Waals surface area contributed by atoms with Crippen LogP contribution in [0, 0.1) is 5.41 Å². The summed E-state index contributed by atoms with van der Waals surface area (Å²) in [6.07, 6.45) is 1.52. The molecular formula is C9H13Cl2N3O. The maximum Gasteiger partial charge on any atom is 0.166 e. The van der Waals surface area contributed by atoms with Crippen LogP contribution in [-0.4, -0.2) is 20.5 Å². The molecule has 0 atom stereocenters. The van der Waals surface area contributed by atoms with E-state index < -0.39 is 0 Å². The van der Waals surface area contributed by atoms with Crippen molar-refractivity contribution in [1.29, 1.82) is 0 Å². The van der Waals surface area contributed by atoms with Crippen LogP contribution in [0.4, 0.5) is 0 Å². The molecule has 0 unspecified atom stereocenters. The van der Waals surface area contributed by atoms with Gasteiger partial charge in [-0.2, -0.15) is 0 Å². The van der Waals surface area contributed by atoms with Gasteiger partial charge >= 0.3 is 0 Å². The minimum Gasteiger partial charge on any atom is -0.411 e. The van der Waals surface area contributed by atoms with E-state index >= 15 is 0 Å². The third kappa shape index (κ3) is 2.86. The van der Waals surface area contributed by atoms with Crippen LogP contribution < -0.4 is 0 Å². The van der Waals surface area contributed by atoms with Gasteiger partial charge in [0.05, 0.1) is 18.6 Å². The van der Waals surface area contributed by atoms with Gasteiger partial charge in [0.1, 0.15) is 5.15 Å². The fourth-order valence-electron chi connectivity index (χ4n) is 1.03. The van der Waals surface area contributed by atoms with Crippen molar-refractivity contribution in [3.05, 3.63) is 16.6 Å². The summed E-state index contributed by atoms with van der Waals surface area (Å²) in [5, 5.41) is 12.8. The SMILES string of the molecule is CC(C)(C)C(Cn1cnc(Cl)c1Cl)=NO. The molecule has 84 valence electrons. The van der Waals surface area contributed by atoms with Crippen molar-refractivity contribution in [2.75, 3.05) is 0 Å². The van der Waals surface area contributed by atoms with Gasteiger partial charge in [-0.15, -0.1) is 0 Å². The minimum absolute atomic E-state index is 0.227. The van der Waals surface area contributed by atoms with E-state index in [9.17, 15) is 0 Å². The highest BCUT2D eigenvalue weighted by Crippen LogP contribution is 2.22. The molecule has 0 saturated heterocycles.